The van der Waals surface area contributed by atoms with Crippen molar-refractivity contribution in [3.63, 3.8) is 0 Å². The van der Waals surface area contributed by atoms with Crippen LogP contribution in [0.1, 0.15) is 6.92 Å². The van der Waals surface area contributed by atoms with E-state index in [1.165, 1.54) is 14.2 Å². The Morgan fingerprint density at radius 3 is 1.89 bits per heavy atom. The Balaban J connectivity index is 3.78. The van der Waals surface area contributed by atoms with Gasteiger partial charge in [0, 0.05) is 14.2 Å². The van der Waals surface area contributed by atoms with E-state index in [0.29, 0.717) is 6.61 Å². The fourth-order valence-electron chi connectivity index (χ4n) is 0.338. The standard InChI is InChI=1S/C4H11O3PS/c1-4-7-8(9,5-2)6-3/h4H2,1-3H3. The van der Waals surface area contributed by atoms with Gasteiger partial charge in [-0.1, -0.05) is 0 Å². The van der Waals surface area contributed by atoms with E-state index in [1.807, 2.05) is 6.92 Å². The SMILES string of the molecule is CCOP(=S)(OC)OC. The lowest BCUT2D eigenvalue weighted by atomic mass is 10.9. The van der Waals surface area contributed by atoms with Gasteiger partial charge in [0.15, 0.2) is 0 Å². The van der Waals surface area contributed by atoms with Gasteiger partial charge in [-0.2, -0.15) is 0 Å². The van der Waals surface area contributed by atoms with E-state index in [4.69, 9.17) is 25.4 Å². The van der Waals surface area contributed by atoms with Gasteiger partial charge < -0.3 is 13.6 Å². The van der Waals surface area contributed by atoms with Gasteiger partial charge >= 0.3 is 6.72 Å². The van der Waals surface area contributed by atoms with Crippen LogP contribution in [0.5, 0.6) is 0 Å². The minimum absolute atomic E-state index is 0.527. The van der Waals surface area contributed by atoms with Gasteiger partial charge in [-0.25, -0.2) is 0 Å². The van der Waals surface area contributed by atoms with Gasteiger partial charge in [-0.15, -0.1) is 0 Å². The van der Waals surface area contributed by atoms with Crippen LogP contribution >= 0.6 is 6.72 Å². The molecule has 0 spiro atoms. The molecule has 3 nitrogen and oxygen atoms in total. The Hall–Kier alpha value is 0.530. The summed E-state index contributed by atoms with van der Waals surface area (Å²) in [7, 11) is 2.97. The molecular weight excluding hydrogens is 159 g/mol. The van der Waals surface area contributed by atoms with Gasteiger partial charge in [0.05, 0.1) is 6.61 Å². The molecule has 9 heavy (non-hydrogen) atoms. The number of hydrogen-bond acceptors (Lipinski definition) is 4. The van der Waals surface area contributed by atoms with E-state index in [9.17, 15) is 0 Å². The molecule has 0 aromatic carbocycles. The lowest BCUT2D eigenvalue weighted by molar-refractivity contribution is 0.211. The maximum absolute atomic E-state index is 5.01. The van der Waals surface area contributed by atoms with Crippen LogP contribution in [0.3, 0.4) is 0 Å². The maximum Gasteiger partial charge on any atom is 0.326 e. The molecule has 56 valence electrons. The average molecular weight is 170 g/mol. The summed E-state index contributed by atoms with van der Waals surface area (Å²) >= 11 is 4.85. The van der Waals surface area contributed by atoms with E-state index in [1.54, 1.807) is 0 Å². The molecule has 0 unspecified atom stereocenters. The molecule has 0 radical (unpaired) electrons. The Morgan fingerprint density at radius 2 is 1.78 bits per heavy atom. The van der Waals surface area contributed by atoms with Gasteiger partial charge in [-0.3, -0.25) is 0 Å². The van der Waals surface area contributed by atoms with Crippen LogP contribution in [-0.4, -0.2) is 20.8 Å². The third-order valence-electron chi connectivity index (χ3n) is 0.734. The first-order chi connectivity index (χ1) is 4.18. The molecule has 0 fully saturated rings. The zero-order valence-corrected chi connectivity index (χ0v) is 7.50. The van der Waals surface area contributed by atoms with Crippen molar-refractivity contribution in [1.29, 1.82) is 0 Å². The molecule has 0 aliphatic carbocycles. The second kappa shape index (κ2) is 4.36. The lowest BCUT2D eigenvalue weighted by Gasteiger charge is -2.15. The minimum Gasteiger partial charge on any atom is -0.312 e. The van der Waals surface area contributed by atoms with Crippen molar-refractivity contribution in [1.82, 2.24) is 0 Å². The molecule has 0 aromatic heterocycles. The zero-order chi connectivity index (χ0) is 7.33. The molecule has 0 saturated carbocycles. The number of hydrogen-bond donors (Lipinski definition) is 0. The molecular formula is C4H11O3PS. The fourth-order valence-corrected chi connectivity index (χ4v) is 1.33. The first-order valence-corrected chi connectivity index (χ1v) is 5.10. The van der Waals surface area contributed by atoms with E-state index >= 15 is 0 Å². The highest BCUT2D eigenvalue weighted by Gasteiger charge is 2.13. The normalized spacial score (nSPS) is 11.9. The molecule has 5 heteroatoms. The summed E-state index contributed by atoms with van der Waals surface area (Å²) in [6, 6.07) is 0. The Bertz CT molecular complexity index is 108. The summed E-state index contributed by atoms with van der Waals surface area (Å²) in [6.45, 7) is 0.0253. The van der Waals surface area contributed by atoms with Crippen molar-refractivity contribution >= 4 is 18.5 Å². The molecule has 0 rings (SSSR count). The van der Waals surface area contributed by atoms with Crippen LogP contribution in [0.15, 0.2) is 0 Å². The summed E-state index contributed by atoms with van der Waals surface area (Å²) in [5, 5.41) is 0. The van der Waals surface area contributed by atoms with Crippen LogP contribution in [-0.2, 0) is 25.4 Å². The molecule has 0 aliphatic rings. The van der Waals surface area contributed by atoms with E-state index < -0.39 is 6.72 Å². The van der Waals surface area contributed by atoms with Gasteiger partial charge in [0.1, 0.15) is 0 Å². The molecule has 0 aliphatic heterocycles. The van der Waals surface area contributed by atoms with Gasteiger partial charge in [0.25, 0.3) is 0 Å². The van der Waals surface area contributed by atoms with Crippen molar-refractivity contribution in [2.24, 2.45) is 0 Å². The summed E-state index contributed by atoms with van der Waals surface area (Å²) in [5.41, 5.74) is 0. The quantitative estimate of drug-likeness (QED) is 0.598. The second-order valence-corrected chi connectivity index (χ2v) is 4.45. The zero-order valence-electron chi connectivity index (χ0n) is 5.79. The predicted octanol–water partition coefficient (Wildman–Crippen LogP) is 1.54. The molecule has 0 amide bonds. The predicted molar refractivity (Wildman–Crippen MR) is 39.9 cm³/mol. The monoisotopic (exact) mass is 170 g/mol. The first-order valence-electron chi connectivity index (χ1n) is 2.54. The van der Waals surface area contributed by atoms with Crippen molar-refractivity contribution < 1.29 is 13.6 Å². The van der Waals surface area contributed by atoms with Crippen LogP contribution < -0.4 is 0 Å². The second-order valence-electron chi connectivity index (χ2n) is 1.23. The van der Waals surface area contributed by atoms with E-state index in [2.05, 4.69) is 0 Å². The Kier molecular flexibility index (Phi) is 4.62. The minimum atomic E-state index is -2.35. The average Bonchev–Trinajstić information content (AvgIpc) is 1.89. The molecule has 0 bridgehead atoms. The molecule has 0 N–H and O–H groups in total. The first kappa shape index (κ1) is 9.53. The highest BCUT2D eigenvalue weighted by atomic mass is 32.5. The highest BCUT2D eigenvalue weighted by molar-refractivity contribution is 8.07. The number of rotatable bonds is 4. The van der Waals surface area contributed by atoms with E-state index in [0.717, 1.165) is 0 Å². The van der Waals surface area contributed by atoms with Crippen LogP contribution in [0.2, 0.25) is 0 Å². The van der Waals surface area contributed by atoms with Crippen LogP contribution in [0.4, 0.5) is 0 Å². The van der Waals surface area contributed by atoms with E-state index in [-0.39, 0.29) is 0 Å². The molecule has 0 aromatic rings. The van der Waals surface area contributed by atoms with Crippen molar-refractivity contribution in [3.05, 3.63) is 0 Å². The van der Waals surface area contributed by atoms with Gasteiger partial charge in [0.2, 0.25) is 0 Å². The van der Waals surface area contributed by atoms with Crippen molar-refractivity contribution in [2.45, 2.75) is 6.92 Å². The third kappa shape index (κ3) is 3.28. The molecule has 0 saturated heterocycles. The Morgan fingerprint density at radius 1 is 1.33 bits per heavy atom. The molecule has 0 heterocycles. The summed E-state index contributed by atoms with van der Waals surface area (Å²) in [5.74, 6) is 0. The summed E-state index contributed by atoms with van der Waals surface area (Å²) in [4.78, 5) is 0. The largest absolute Gasteiger partial charge is 0.326 e. The summed E-state index contributed by atoms with van der Waals surface area (Å²) in [6.07, 6.45) is 0. The Labute approximate surface area is 60.6 Å². The summed E-state index contributed by atoms with van der Waals surface area (Å²) < 4.78 is 14.6. The van der Waals surface area contributed by atoms with Crippen LogP contribution in [0, 0.1) is 0 Å². The van der Waals surface area contributed by atoms with Crippen molar-refractivity contribution in [2.75, 3.05) is 20.8 Å². The topological polar surface area (TPSA) is 27.7 Å². The lowest BCUT2D eigenvalue weighted by Crippen LogP contribution is -1.92. The van der Waals surface area contributed by atoms with Gasteiger partial charge in [-0.05, 0) is 18.7 Å². The maximum atomic E-state index is 5.01. The molecule has 0 atom stereocenters. The fraction of sp³-hybridized carbons (Fsp3) is 1.00. The highest BCUT2D eigenvalue weighted by Crippen LogP contribution is 2.47. The van der Waals surface area contributed by atoms with Crippen molar-refractivity contribution in [3.8, 4) is 0 Å². The van der Waals surface area contributed by atoms with Crippen LogP contribution in [0.25, 0.3) is 0 Å². The third-order valence-corrected chi connectivity index (χ3v) is 3.41. The smallest absolute Gasteiger partial charge is 0.312 e.